The molecule has 0 aromatic heterocycles. The van der Waals surface area contributed by atoms with Crippen molar-refractivity contribution in [3.63, 3.8) is 0 Å². The Morgan fingerprint density at radius 2 is 1.67 bits per heavy atom. The summed E-state index contributed by atoms with van der Waals surface area (Å²) in [6.07, 6.45) is 13.8. The zero-order valence-corrected chi connectivity index (χ0v) is 15.9. The summed E-state index contributed by atoms with van der Waals surface area (Å²) < 4.78 is 6.82. The van der Waals surface area contributed by atoms with Gasteiger partial charge in [-0.25, -0.2) is 0 Å². The Morgan fingerprint density at radius 1 is 1.00 bits per heavy atom. The van der Waals surface area contributed by atoms with E-state index in [1.54, 1.807) is 12.1 Å². The molecule has 0 amide bonds. The van der Waals surface area contributed by atoms with Crippen molar-refractivity contribution in [1.29, 1.82) is 0 Å². The molecule has 136 valence electrons. The van der Waals surface area contributed by atoms with E-state index in [1.165, 1.54) is 69.8 Å². The van der Waals surface area contributed by atoms with E-state index in [2.05, 4.69) is 20.8 Å². The summed E-state index contributed by atoms with van der Waals surface area (Å²) in [7, 11) is 0. The predicted octanol–water partition coefficient (Wildman–Crippen LogP) is 6.40. The number of phenolic OH excluding ortho intramolecular Hbond substituents is 1. The van der Waals surface area contributed by atoms with Gasteiger partial charge >= 0.3 is 0 Å². The van der Waals surface area contributed by atoms with Crippen LogP contribution in [0.3, 0.4) is 0 Å². The number of aromatic hydroxyl groups is 1. The van der Waals surface area contributed by atoms with Crippen LogP contribution in [0.2, 0.25) is 0 Å². The highest BCUT2D eigenvalue weighted by atomic mass is 16.5. The maximum atomic E-state index is 9.47. The summed E-state index contributed by atoms with van der Waals surface area (Å²) in [6.45, 7) is 6.72. The van der Waals surface area contributed by atoms with E-state index in [4.69, 9.17) is 4.74 Å². The minimum Gasteiger partial charge on any atom is -0.508 e. The second-order valence-corrected chi connectivity index (χ2v) is 8.26. The molecular weight excluding hydrogens is 296 g/mol. The molecule has 1 N–H and O–H groups in total. The summed E-state index contributed by atoms with van der Waals surface area (Å²) in [6, 6.07) is 7.56. The van der Waals surface area contributed by atoms with Gasteiger partial charge in [0.1, 0.15) is 5.75 Å². The largest absolute Gasteiger partial charge is 0.508 e. The number of phenols is 1. The van der Waals surface area contributed by atoms with Crippen molar-refractivity contribution < 1.29 is 9.84 Å². The molecule has 0 atom stereocenters. The lowest BCUT2D eigenvalue weighted by molar-refractivity contribution is -0.160. The maximum absolute atomic E-state index is 9.47. The molecule has 0 radical (unpaired) electrons. The summed E-state index contributed by atoms with van der Waals surface area (Å²) in [4.78, 5) is 0. The van der Waals surface area contributed by atoms with Gasteiger partial charge in [-0.15, -0.1) is 0 Å². The molecule has 0 unspecified atom stereocenters. The number of benzene rings is 1. The quantitative estimate of drug-likeness (QED) is 0.530. The van der Waals surface area contributed by atoms with Crippen LogP contribution in [0.5, 0.6) is 5.75 Å². The number of hydrogen-bond donors (Lipinski definition) is 1. The van der Waals surface area contributed by atoms with Crippen molar-refractivity contribution in [2.75, 3.05) is 0 Å². The standard InChI is InChI=1S/C22H36O2/c1-4-5-6-8-15-22(16-9-7-10-17-22)24-21(2,3)18-19-11-13-20(23)14-12-19/h11-14,23H,4-10,15-18H2,1-3H3. The van der Waals surface area contributed by atoms with Crippen LogP contribution in [-0.4, -0.2) is 16.3 Å². The van der Waals surface area contributed by atoms with Crippen LogP contribution >= 0.6 is 0 Å². The van der Waals surface area contributed by atoms with Gasteiger partial charge in [0.25, 0.3) is 0 Å². The molecule has 0 aliphatic heterocycles. The van der Waals surface area contributed by atoms with E-state index in [9.17, 15) is 5.11 Å². The van der Waals surface area contributed by atoms with Gasteiger partial charge in [0.05, 0.1) is 11.2 Å². The van der Waals surface area contributed by atoms with Crippen molar-refractivity contribution in [3.8, 4) is 5.75 Å². The Kier molecular flexibility index (Phi) is 7.16. The third-order valence-electron chi connectivity index (χ3n) is 5.31. The average Bonchev–Trinajstić information content (AvgIpc) is 2.54. The monoisotopic (exact) mass is 332 g/mol. The van der Waals surface area contributed by atoms with Gasteiger partial charge in [-0.1, -0.05) is 64.0 Å². The predicted molar refractivity (Wildman–Crippen MR) is 102 cm³/mol. The smallest absolute Gasteiger partial charge is 0.115 e. The molecule has 1 aliphatic rings. The number of rotatable bonds is 9. The minimum atomic E-state index is -0.168. The average molecular weight is 333 g/mol. The maximum Gasteiger partial charge on any atom is 0.115 e. The fraction of sp³-hybridized carbons (Fsp3) is 0.727. The first-order valence-electron chi connectivity index (χ1n) is 9.93. The Bertz CT molecular complexity index is 469. The van der Waals surface area contributed by atoms with Crippen LogP contribution in [0, 0.1) is 0 Å². The van der Waals surface area contributed by atoms with Gasteiger partial charge in [-0.05, 0) is 50.8 Å². The molecule has 2 nitrogen and oxygen atoms in total. The Labute approximate surface area is 148 Å². The summed E-state index contributed by atoms with van der Waals surface area (Å²) >= 11 is 0. The van der Waals surface area contributed by atoms with Crippen molar-refractivity contribution in [1.82, 2.24) is 0 Å². The zero-order valence-electron chi connectivity index (χ0n) is 15.9. The second-order valence-electron chi connectivity index (χ2n) is 8.26. The summed E-state index contributed by atoms with van der Waals surface area (Å²) in [5.74, 6) is 0.331. The molecule has 1 fully saturated rings. The lowest BCUT2D eigenvalue weighted by Gasteiger charge is -2.44. The van der Waals surface area contributed by atoms with Gasteiger partial charge in [0, 0.05) is 6.42 Å². The lowest BCUT2D eigenvalue weighted by atomic mass is 9.80. The van der Waals surface area contributed by atoms with E-state index in [0.29, 0.717) is 5.75 Å². The SMILES string of the molecule is CCCCCCC1(OC(C)(C)Cc2ccc(O)cc2)CCCCC1. The molecule has 0 bridgehead atoms. The Balaban J connectivity index is 1.99. The molecule has 0 saturated heterocycles. The summed E-state index contributed by atoms with van der Waals surface area (Å²) in [5, 5.41) is 9.47. The Hall–Kier alpha value is -1.02. The van der Waals surface area contributed by atoms with Crippen molar-refractivity contribution in [3.05, 3.63) is 29.8 Å². The molecule has 1 aromatic carbocycles. The van der Waals surface area contributed by atoms with E-state index in [0.717, 1.165) is 6.42 Å². The molecule has 0 spiro atoms. The second kappa shape index (κ2) is 8.89. The molecule has 1 saturated carbocycles. The highest BCUT2D eigenvalue weighted by Crippen LogP contribution is 2.40. The first kappa shape index (κ1) is 19.3. The number of ether oxygens (including phenoxy) is 1. The van der Waals surface area contributed by atoms with Crippen LogP contribution in [0.4, 0.5) is 0 Å². The first-order chi connectivity index (χ1) is 11.4. The lowest BCUT2D eigenvalue weighted by Crippen LogP contribution is -2.44. The molecule has 1 aromatic rings. The number of unbranched alkanes of at least 4 members (excludes halogenated alkanes) is 3. The van der Waals surface area contributed by atoms with E-state index < -0.39 is 0 Å². The molecular formula is C22H36O2. The van der Waals surface area contributed by atoms with E-state index >= 15 is 0 Å². The van der Waals surface area contributed by atoms with Crippen LogP contribution in [0.1, 0.15) is 90.5 Å². The van der Waals surface area contributed by atoms with Crippen LogP contribution in [0.15, 0.2) is 24.3 Å². The highest BCUT2D eigenvalue weighted by Gasteiger charge is 2.37. The normalized spacial score (nSPS) is 17.8. The molecule has 2 heteroatoms. The fourth-order valence-electron chi connectivity index (χ4n) is 4.20. The fourth-order valence-corrected chi connectivity index (χ4v) is 4.20. The van der Waals surface area contributed by atoms with Gasteiger partial charge in [0.15, 0.2) is 0 Å². The first-order valence-corrected chi connectivity index (χ1v) is 9.93. The molecule has 2 rings (SSSR count). The summed E-state index contributed by atoms with van der Waals surface area (Å²) in [5.41, 5.74) is 1.15. The minimum absolute atomic E-state index is 0.0897. The zero-order chi connectivity index (χ0) is 17.5. The highest BCUT2D eigenvalue weighted by molar-refractivity contribution is 5.26. The van der Waals surface area contributed by atoms with Crippen LogP contribution in [0.25, 0.3) is 0 Å². The van der Waals surface area contributed by atoms with Crippen molar-refractivity contribution in [2.45, 2.75) is 103 Å². The molecule has 0 heterocycles. The van der Waals surface area contributed by atoms with E-state index in [1.807, 2.05) is 12.1 Å². The van der Waals surface area contributed by atoms with Crippen LogP contribution in [-0.2, 0) is 11.2 Å². The third kappa shape index (κ3) is 6.12. The van der Waals surface area contributed by atoms with Gasteiger partial charge in [-0.3, -0.25) is 0 Å². The molecule has 1 aliphatic carbocycles. The number of hydrogen-bond acceptors (Lipinski definition) is 2. The van der Waals surface area contributed by atoms with Crippen molar-refractivity contribution >= 4 is 0 Å². The van der Waals surface area contributed by atoms with E-state index in [-0.39, 0.29) is 11.2 Å². The van der Waals surface area contributed by atoms with Gasteiger partial charge < -0.3 is 9.84 Å². The Morgan fingerprint density at radius 3 is 2.29 bits per heavy atom. The van der Waals surface area contributed by atoms with Crippen molar-refractivity contribution in [2.24, 2.45) is 0 Å². The van der Waals surface area contributed by atoms with Gasteiger partial charge in [0.2, 0.25) is 0 Å². The molecule has 24 heavy (non-hydrogen) atoms. The topological polar surface area (TPSA) is 29.5 Å². The van der Waals surface area contributed by atoms with Gasteiger partial charge in [-0.2, -0.15) is 0 Å². The third-order valence-corrected chi connectivity index (χ3v) is 5.31. The van der Waals surface area contributed by atoms with Crippen LogP contribution < -0.4 is 0 Å².